The van der Waals surface area contributed by atoms with Gasteiger partial charge in [-0.1, -0.05) is 13.3 Å². The minimum atomic E-state index is -0.530. The van der Waals surface area contributed by atoms with Gasteiger partial charge in [-0.05, 0) is 24.8 Å². The Morgan fingerprint density at radius 2 is 2.50 bits per heavy atom. The molecule has 1 aliphatic carbocycles. The fraction of sp³-hybridized carbons (Fsp3) is 0.636. The molecule has 2 unspecified atom stereocenters. The highest BCUT2D eigenvalue weighted by atomic mass is 32.1. The highest BCUT2D eigenvalue weighted by Crippen LogP contribution is 2.56. The van der Waals surface area contributed by atoms with Crippen molar-refractivity contribution < 1.29 is 9.84 Å². The van der Waals surface area contributed by atoms with E-state index in [0.717, 1.165) is 29.9 Å². The van der Waals surface area contributed by atoms with E-state index in [1.165, 1.54) is 0 Å². The molecular formula is C11H16O2S. The van der Waals surface area contributed by atoms with Crippen molar-refractivity contribution in [1.29, 1.82) is 0 Å². The molecule has 2 nitrogen and oxygen atoms in total. The molecule has 1 aromatic rings. The summed E-state index contributed by atoms with van der Waals surface area (Å²) in [5.74, 6) is 1.33. The van der Waals surface area contributed by atoms with Gasteiger partial charge < -0.3 is 9.84 Å². The largest absolute Gasteiger partial charge is 0.496 e. The van der Waals surface area contributed by atoms with Crippen LogP contribution in [0, 0.1) is 5.92 Å². The lowest BCUT2D eigenvalue weighted by atomic mass is 10.1. The van der Waals surface area contributed by atoms with Crippen LogP contribution < -0.4 is 4.74 Å². The number of hydrogen-bond acceptors (Lipinski definition) is 3. The lowest BCUT2D eigenvalue weighted by Crippen LogP contribution is -2.05. The molecule has 1 aliphatic rings. The quantitative estimate of drug-likeness (QED) is 0.831. The van der Waals surface area contributed by atoms with Crippen molar-refractivity contribution in [3.63, 3.8) is 0 Å². The Bertz CT molecular complexity index is 321. The maximum Gasteiger partial charge on any atom is 0.129 e. The minimum absolute atomic E-state index is 0.468. The van der Waals surface area contributed by atoms with Gasteiger partial charge in [-0.2, -0.15) is 0 Å². The SMILES string of the molecule is CCCC1CC1(O)c1cc(OC)cs1. The smallest absolute Gasteiger partial charge is 0.129 e. The van der Waals surface area contributed by atoms with Gasteiger partial charge in [0.2, 0.25) is 0 Å². The average Bonchev–Trinajstić information content (AvgIpc) is 2.69. The molecule has 0 aliphatic heterocycles. The Morgan fingerprint density at radius 1 is 1.71 bits per heavy atom. The standard InChI is InChI=1S/C11H16O2S/c1-3-4-8-6-11(8,12)10-5-9(13-2)7-14-10/h5,7-8,12H,3-4,6H2,1-2H3. The van der Waals surface area contributed by atoms with E-state index in [0.29, 0.717) is 5.92 Å². The van der Waals surface area contributed by atoms with Crippen LogP contribution in [0.4, 0.5) is 0 Å². The summed E-state index contributed by atoms with van der Waals surface area (Å²) in [6, 6.07) is 1.96. The first-order chi connectivity index (χ1) is 6.70. The topological polar surface area (TPSA) is 29.5 Å². The van der Waals surface area contributed by atoms with E-state index in [1.807, 2.05) is 11.4 Å². The Labute approximate surface area is 88.5 Å². The summed E-state index contributed by atoms with van der Waals surface area (Å²) < 4.78 is 5.11. The third-order valence-electron chi connectivity index (χ3n) is 2.95. The first-order valence-corrected chi connectivity index (χ1v) is 5.94. The van der Waals surface area contributed by atoms with Gasteiger partial charge in [0.05, 0.1) is 7.11 Å². The summed E-state index contributed by atoms with van der Waals surface area (Å²) in [6.45, 7) is 2.16. The van der Waals surface area contributed by atoms with Gasteiger partial charge in [0.1, 0.15) is 11.4 Å². The van der Waals surface area contributed by atoms with Crippen LogP contribution in [0.25, 0.3) is 0 Å². The summed E-state index contributed by atoms with van der Waals surface area (Å²) in [7, 11) is 1.66. The van der Waals surface area contributed by atoms with E-state index in [-0.39, 0.29) is 0 Å². The van der Waals surface area contributed by atoms with E-state index >= 15 is 0 Å². The number of aliphatic hydroxyl groups is 1. The molecular weight excluding hydrogens is 196 g/mol. The van der Waals surface area contributed by atoms with Gasteiger partial charge in [0.15, 0.2) is 0 Å². The molecule has 1 aromatic heterocycles. The lowest BCUT2D eigenvalue weighted by Gasteiger charge is -2.06. The molecule has 0 spiro atoms. The normalized spacial score (nSPS) is 30.4. The second-order valence-electron chi connectivity index (χ2n) is 3.96. The lowest BCUT2D eigenvalue weighted by molar-refractivity contribution is 0.133. The Balaban J connectivity index is 2.09. The minimum Gasteiger partial charge on any atom is -0.496 e. The van der Waals surface area contributed by atoms with Crippen LogP contribution >= 0.6 is 11.3 Å². The summed E-state index contributed by atoms with van der Waals surface area (Å²) in [5, 5.41) is 12.2. The van der Waals surface area contributed by atoms with E-state index in [4.69, 9.17) is 4.74 Å². The Morgan fingerprint density at radius 3 is 3.07 bits per heavy atom. The fourth-order valence-electron chi connectivity index (χ4n) is 1.96. The highest BCUT2D eigenvalue weighted by molar-refractivity contribution is 7.10. The van der Waals surface area contributed by atoms with Crippen molar-refractivity contribution in [3.8, 4) is 5.75 Å². The fourth-order valence-corrected chi connectivity index (χ4v) is 3.01. The first-order valence-electron chi connectivity index (χ1n) is 5.06. The number of hydrogen-bond donors (Lipinski definition) is 1. The number of ether oxygens (including phenoxy) is 1. The molecule has 3 heteroatoms. The predicted octanol–water partition coefficient (Wildman–Crippen LogP) is 2.76. The molecule has 2 rings (SSSR count). The number of methoxy groups -OCH3 is 1. The number of thiophene rings is 1. The van der Waals surface area contributed by atoms with Crippen molar-refractivity contribution >= 4 is 11.3 Å². The molecule has 1 heterocycles. The van der Waals surface area contributed by atoms with Crippen molar-refractivity contribution in [2.45, 2.75) is 31.8 Å². The van der Waals surface area contributed by atoms with Gasteiger partial charge in [-0.15, -0.1) is 11.3 Å². The van der Waals surface area contributed by atoms with Crippen LogP contribution in [0.1, 0.15) is 31.1 Å². The van der Waals surface area contributed by atoms with Gasteiger partial charge in [-0.25, -0.2) is 0 Å². The van der Waals surface area contributed by atoms with Crippen molar-refractivity contribution in [2.75, 3.05) is 7.11 Å². The van der Waals surface area contributed by atoms with E-state index in [9.17, 15) is 5.11 Å². The highest BCUT2D eigenvalue weighted by Gasteiger charge is 2.54. The Hall–Kier alpha value is -0.540. The zero-order valence-electron chi connectivity index (χ0n) is 8.62. The molecule has 0 bridgehead atoms. The second-order valence-corrected chi connectivity index (χ2v) is 4.88. The second kappa shape index (κ2) is 3.55. The molecule has 2 atom stereocenters. The molecule has 1 N–H and O–H groups in total. The van der Waals surface area contributed by atoms with Crippen LogP contribution in [0.5, 0.6) is 5.75 Å². The van der Waals surface area contributed by atoms with Gasteiger partial charge in [0.25, 0.3) is 0 Å². The summed E-state index contributed by atoms with van der Waals surface area (Å²) >= 11 is 1.60. The molecule has 0 saturated heterocycles. The molecule has 78 valence electrons. The monoisotopic (exact) mass is 212 g/mol. The van der Waals surface area contributed by atoms with Crippen LogP contribution in [0.3, 0.4) is 0 Å². The molecule has 1 fully saturated rings. The Kier molecular flexibility index (Phi) is 2.54. The van der Waals surface area contributed by atoms with Crippen molar-refractivity contribution in [1.82, 2.24) is 0 Å². The van der Waals surface area contributed by atoms with Crippen LogP contribution in [-0.2, 0) is 5.60 Å². The van der Waals surface area contributed by atoms with Crippen molar-refractivity contribution in [2.24, 2.45) is 5.92 Å². The zero-order chi connectivity index (χ0) is 10.2. The molecule has 0 amide bonds. The zero-order valence-corrected chi connectivity index (χ0v) is 9.43. The van der Waals surface area contributed by atoms with Crippen molar-refractivity contribution in [3.05, 3.63) is 16.3 Å². The van der Waals surface area contributed by atoms with Crippen LogP contribution in [0.15, 0.2) is 11.4 Å². The van der Waals surface area contributed by atoms with E-state index in [1.54, 1.807) is 18.4 Å². The summed E-state index contributed by atoms with van der Waals surface area (Å²) in [5.41, 5.74) is -0.530. The van der Waals surface area contributed by atoms with Gasteiger partial charge in [-0.3, -0.25) is 0 Å². The van der Waals surface area contributed by atoms with Crippen LogP contribution in [-0.4, -0.2) is 12.2 Å². The van der Waals surface area contributed by atoms with E-state index < -0.39 is 5.60 Å². The maximum absolute atomic E-state index is 10.3. The third-order valence-corrected chi connectivity index (χ3v) is 4.02. The maximum atomic E-state index is 10.3. The summed E-state index contributed by atoms with van der Waals surface area (Å²) in [4.78, 5) is 1.06. The third kappa shape index (κ3) is 1.55. The van der Waals surface area contributed by atoms with E-state index in [2.05, 4.69) is 6.92 Å². The number of rotatable bonds is 4. The molecule has 0 radical (unpaired) electrons. The average molecular weight is 212 g/mol. The van der Waals surface area contributed by atoms with Gasteiger partial charge >= 0.3 is 0 Å². The molecule has 1 saturated carbocycles. The first kappa shape index (κ1) is 9.99. The van der Waals surface area contributed by atoms with Gasteiger partial charge in [0, 0.05) is 10.3 Å². The molecule has 14 heavy (non-hydrogen) atoms. The molecule has 0 aromatic carbocycles. The predicted molar refractivity (Wildman–Crippen MR) is 57.8 cm³/mol. The van der Waals surface area contributed by atoms with Crippen LogP contribution in [0.2, 0.25) is 0 Å². The summed E-state index contributed by atoms with van der Waals surface area (Å²) in [6.07, 6.45) is 3.19.